The standard InChI is InChI=1S/C29H31Cl3N2O3/c1-20(2)33-29(36)27(17-21-7-4-3-5-8-21)34(19-22-10-11-24(31)18-26(22)32)28(35)9-6-16-37-25-14-12-23(30)13-15-25/h3-5,7-8,10-15,18,20,27H,6,9,16-17,19H2,1-2H3,(H,33,36)/t27-/m0/s1. The van der Waals surface area contributed by atoms with Crippen LogP contribution in [0, 0.1) is 0 Å². The Morgan fingerprint density at radius 1 is 0.919 bits per heavy atom. The summed E-state index contributed by atoms with van der Waals surface area (Å²) in [6, 6.07) is 21.1. The van der Waals surface area contributed by atoms with E-state index in [2.05, 4.69) is 5.32 Å². The molecule has 196 valence electrons. The molecule has 1 N–H and O–H groups in total. The van der Waals surface area contributed by atoms with E-state index in [0.717, 1.165) is 5.56 Å². The number of amides is 2. The van der Waals surface area contributed by atoms with Gasteiger partial charge in [0.05, 0.1) is 6.61 Å². The number of carbonyl (C=O) groups excluding carboxylic acids is 2. The quantitative estimate of drug-likeness (QED) is 0.243. The van der Waals surface area contributed by atoms with Crippen LogP contribution in [-0.2, 0) is 22.6 Å². The summed E-state index contributed by atoms with van der Waals surface area (Å²) in [5, 5.41) is 4.55. The van der Waals surface area contributed by atoms with Crippen molar-refractivity contribution in [3.05, 3.63) is 99.0 Å². The van der Waals surface area contributed by atoms with E-state index in [1.807, 2.05) is 44.2 Å². The van der Waals surface area contributed by atoms with Crippen molar-refractivity contribution in [3.8, 4) is 5.75 Å². The Morgan fingerprint density at radius 3 is 2.24 bits per heavy atom. The molecule has 3 aromatic rings. The van der Waals surface area contributed by atoms with Gasteiger partial charge in [-0.15, -0.1) is 0 Å². The highest BCUT2D eigenvalue weighted by molar-refractivity contribution is 6.35. The molecule has 0 aliphatic carbocycles. The van der Waals surface area contributed by atoms with Crippen LogP contribution < -0.4 is 10.1 Å². The summed E-state index contributed by atoms with van der Waals surface area (Å²) >= 11 is 18.5. The minimum absolute atomic E-state index is 0.0744. The Morgan fingerprint density at radius 2 is 1.59 bits per heavy atom. The molecule has 3 rings (SSSR count). The van der Waals surface area contributed by atoms with Crippen LogP contribution in [0.5, 0.6) is 5.75 Å². The van der Waals surface area contributed by atoms with Crippen LogP contribution in [0.1, 0.15) is 37.8 Å². The van der Waals surface area contributed by atoms with Gasteiger partial charge in [0, 0.05) is 40.5 Å². The van der Waals surface area contributed by atoms with Crippen molar-refractivity contribution in [3.63, 3.8) is 0 Å². The monoisotopic (exact) mass is 560 g/mol. The van der Waals surface area contributed by atoms with Crippen molar-refractivity contribution < 1.29 is 14.3 Å². The Kier molecular flexibility index (Phi) is 11.1. The van der Waals surface area contributed by atoms with Gasteiger partial charge < -0.3 is 15.0 Å². The average molecular weight is 562 g/mol. The zero-order valence-corrected chi connectivity index (χ0v) is 23.2. The number of rotatable bonds is 12. The first kappa shape index (κ1) is 28.8. The maximum atomic E-state index is 13.6. The molecule has 37 heavy (non-hydrogen) atoms. The number of hydrogen-bond acceptors (Lipinski definition) is 3. The fourth-order valence-electron chi connectivity index (χ4n) is 3.86. The topological polar surface area (TPSA) is 58.6 Å². The molecule has 0 heterocycles. The van der Waals surface area contributed by atoms with Gasteiger partial charge in [-0.1, -0.05) is 71.2 Å². The molecule has 0 saturated heterocycles. The first-order chi connectivity index (χ1) is 17.7. The normalized spacial score (nSPS) is 11.7. The van der Waals surface area contributed by atoms with Gasteiger partial charge in [0.25, 0.3) is 0 Å². The summed E-state index contributed by atoms with van der Waals surface area (Å²) in [6.07, 6.45) is 1.06. The van der Waals surface area contributed by atoms with Crippen LogP contribution in [0.4, 0.5) is 0 Å². The fraction of sp³-hybridized carbons (Fsp3) is 0.310. The predicted molar refractivity (Wildman–Crippen MR) is 150 cm³/mol. The maximum Gasteiger partial charge on any atom is 0.243 e. The number of halogens is 3. The third-order valence-electron chi connectivity index (χ3n) is 5.68. The number of nitrogens with one attached hydrogen (secondary N) is 1. The second kappa shape index (κ2) is 14.3. The molecule has 0 radical (unpaired) electrons. The van der Waals surface area contributed by atoms with E-state index in [1.165, 1.54) is 0 Å². The van der Waals surface area contributed by atoms with Crippen molar-refractivity contribution in [1.82, 2.24) is 10.2 Å². The van der Waals surface area contributed by atoms with E-state index < -0.39 is 6.04 Å². The summed E-state index contributed by atoms with van der Waals surface area (Å²) in [4.78, 5) is 28.6. The number of carbonyl (C=O) groups is 2. The summed E-state index contributed by atoms with van der Waals surface area (Å²) < 4.78 is 5.75. The zero-order chi connectivity index (χ0) is 26.8. The van der Waals surface area contributed by atoms with Gasteiger partial charge in [-0.05, 0) is 67.8 Å². The number of ether oxygens (including phenoxy) is 1. The third-order valence-corrected chi connectivity index (χ3v) is 6.51. The minimum Gasteiger partial charge on any atom is -0.494 e. The first-order valence-electron chi connectivity index (χ1n) is 12.2. The molecule has 0 fully saturated rings. The van der Waals surface area contributed by atoms with Crippen LogP contribution in [0.2, 0.25) is 15.1 Å². The summed E-state index contributed by atoms with van der Waals surface area (Å²) in [5.74, 6) is 0.306. The van der Waals surface area contributed by atoms with Crippen molar-refractivity contribution in [2.45, 2.75) is 51.7 Å². The molecular weight excluding hydrogens is 531 g/mol. The SMILES string of the molecule is CC(C)NC(=O)[C@H](Cc1ccccc1)N(Cc1ccc(Cl)cc1Cl)C(=O)CCCOc1ccc(Cl)cc1. The van der Waals surface area contributed by atoms with E-state index in [0.29, 0.717) is 45.8 Å². The molecule has 5 nitrogen and oxygen atoms in total. The summed E-state index contributed by atoms with van der Waals surface area (Å²) in [7, 11) is 0. The Bertz CT molecular complexity index is 1170. The van der Waals surface area contributed by atoms with E-state index in [4.69, 9.17) is 39.5 Å². The lowest BCUT2D eigenvalue weighted by atomic mass is 10.0. The van der Waals surface area contributed by atoms with Crippen LogP contribution in [-0.4, -0.2) is 35.4 Å². The van der Waals surface area contributed by atoms with Gasteiger partial charge in [0.1, 0.15) is 11.8 Å². The smallest absolute Gasteiger partial charge is 0.243 e. The third kappa shape index (κ3) is 9.26. The Balaban J connectivity index is 1.81. The van der Waals surface area contributed by atoms with E-state index in [-0.39, 0.29) is 30.8 Å². The Hall–Kier alpha value is -2.73. The van der Waals surface area contributed by atoms with Gasteiger partial charge in [0.2, 0.25) is 11.8 Å². The average Bonchev–Trinajstić information content (AvgIpc) is 2.86. The highest BCUT2D eigenvalue weighted by Gasteiger charge is 2.31. The van der Waals surface area contributed by atoms with Crippen molar-refractivity contribution in [2.75, 3.05) is 6.61 Å². The molecule has 0 bridgehead atoms. The first-order valence-corrected chi connectivity index (χ1v) is 13.3. The largest absolute Gasteiger partial charge is 0.494 e. The van der Waals surface area contributed by atoms with Gasteiger partial charge in [-0.2, -0.15) is 0 Å². The van der Waals surface area contributed by atoms with Crippen LogP contribution in [0.25, 0.3) is 0 Å². The molecule has 3 aromatic carbocycles. The number of nitrogens with zero attached hydrogens (tertiary/aromatic N) is 1. The number of benzene rings is 3. The van der Waals surface area contributed by atoms with Gasteiger partial charge in [0.15, 0.2) is 0 Å². The Labute approximate surface area is 233 Å². The molecule has 0 spiro atoms. The molecule has 0 unspecified atom stereocenters. The lowest BCUT2D eigenvalue weighted by Gasteiger charge is -2.32. The van der Waals surface area contributed by atoms with Gasteiger partial charge in [-0.3, -0.25) is 9.59 Å². The van der Waals surface area contributed by atoms with Crippen molar-refractivity contribution in [2.24, 2.45) is 0 Å². The summed E-state index contributed by atoms with van der Waals surface area (Å²) in [5.41, 5.74) is 1.67. The molecule has 0 aromatic heterocycles. The van der Waals surface area contributed by atoms with Gasteiger partial charge in [-0.25, -0.2) is 0 Å². The second-order valence-corrected chi connectivity index (χ2v) is 10.3. The molecule has 8 heteroatoms. The maximum absolute atomic E-state index is 13.6. The molecule has 0 aliphatic rings. The van der Waals surface area contributed by atoms with Crippen LogP contribution in [0.15, 0.2) is 72.8 Å². The lowest BCUT2D eigenvalue weighted by Crippen LogP contribution is -2.51. The summed E-state index contributed by atoms with van der Waals surface area (Å²) in [6.45, 7) is 4.32. The van der Waals surface area contributed by atoms with E-state index >= 15 is 0 Å². The van der Waals surface area contributed by atoms with Crippen LogP contribution in [0.3, 0.4) is 0 Å². The fourth-order valence-corrected chi connectivity index (χ4v) is 4.45. The predicted octanol–water partition coefficient (Wildman–Crippen LogP) is 6.97. The molecule has 2 amide bonds. The lowest BCUT2D eigenvalue weighted by molar-refractivity contribution is -0.141. The molecular formula is C29H31Cl3N2O3. The molecule has 0 aliphatic heterocycles. The van der Waals surface area contributed by atoms with Crippen LogP contribution >= 0.6 is 34.8 Å². The minimum atomic E-state index is -0.721. The van der Waals surface area contributed by atoms with E-state index in [1.54, 1.807) is 47.4 Å². The van der Waals surface area contributed by atoms with Gasteiger partial charge >= 0.3 is 0 Å². The zero-order valence-electron chi connectivity index (χ0n) is 20.9. The number of hydrogen-bond donors (Lipinski definition) is 1. The highest BCUT2D eigenvalue weighted by Crippen LogP contribution is 2.25. The highest BCUT2D eigenvalue weighted by atomic mass is 35.5. The molecule has 0 saturated carbocycles. The van der Waals surface area contributed by atoms with E-state index in [9.17, 15) is 9.59 Å². The second-order valence-electron chi connectivity index (χ2n) is 9.03. The van der Waals surface area contributed by atoms with Crippen molar-refractivity contribution >= 4 is 46.6 Å². The molecule has 1 atom stereocenters. The van der Waals surface area contributed by atoms with Crippen molar-refractivity contribution in [1.29, 1.82) is 0 Å².